The number of allylic oxidation sites excluding steroid dienone is 1. The van der Waals surface area contributed by atoms with Crippen LogP contribution in [-0.4, -0.2) is 89.1 Å². The summed E-state index contributed by atoms with van der Waals surface area (Å²) in [7, 11) is 0.502. The number of aromatic nitrogens is 3. The van der Waals surface area contributed by atoms with Gasteiger partial charge in [0.05, 0.1) is 39.8 Å². The van der Waals surface area contributed by atoms with Crippen LogP contribution >= 0.6 is 11.6 Å². The third-order valence-corrected chi connectivity index (χ3v) is 10.1. The maximum Gasteiger partial charge on any atom is 0.304 e. The van der Waals surface area contributed by atoms with E-state index in [2.05, 4.69) is 43.8 Å². The molecule has 2 aromatic heterocycles. The Morgan fingerprint density at radius 1 is 1.14 bits per heavy atom. The minimum Gasteiger partial charge on any atom is -0.394 e. The molecule has 19 heteroatoms. The largest absolute Gasteiger partial charge is 0.394 e. The SMILES string of the molecule is CN(C)C(=O)C(N)=C1C(=NCC(=O)N[C@@H](Cc2cc(F)cc(F)c2)c2nc(C#CC(C)(C)O)ccc2-c2ccc(Cl)c3c(NS(C)(=O)=O)nn(C)c23)C(F)(F)[C@@H]2C#C[C@H]12. The molecular weight excluding hydrogens is 816 g/mol. The fourth-order valence-corrected chi connectivity index (χ4v) is 7.51. The van der Waals surface area contributed by atoms with E-state index in [9.17, 15) is 31.9 Å². The van der Waals surface area contributed by atoms with Gasteiger partial charge in [-0.1, -0.05) is 35.4 Å². The van der Waals surface area contributed by atoms with Crippen LogP contribution in [0.15, 0.2) is 58.7 Å². The van der Waals surface area contributed by atoms with Crippen molar-refractivity contribution in [2.45, 2.75) is 37.8 Å². The number of benzene rings is 2. The van der Waals surface area contributed by atoms with Crippen LogP contribution < -0.4 is 15.8 Å². The van der Waals surface area contributed by atoms with Gasteiger partial charge in [0.15, 0.2) is 5.82 Å². The monoisotopic (exact) mass is 852 g/mol. The lowest BCUT2D eigenvalue weighted by Crippen LogP contribution is -2.36. The van der Waals surface area contributed by atoms with Crippen LogP contribution in [-0.2, 0) is 33.1 Å². The molecular formula is C40H37ClF4N8O5S. The maximum atomic E-state index is 15.7. The van der Waals surface area contributed by atoms with E-state index in [1.54, 1.807) is 12.1 Å². The standard InChI is InChI=1S/C40H37ClF4N8O5S/c1-39(2,56)14-13-23-7-8-24(25-10-12-28(41)32-35(25)53(5)50-37(32)51-59(6,57)58)34(48-23)29(17-20-15-21(42)18-22(43)16-20)49-30(54)19-47-36-31(33(46)38(55)52(3)4)26-9-11-27(26)40(36,44)45/h7-8,10,12,15-16,18,26-27,29,56H,17,19,46H2,1-6H3,(H,49,54)(H,50,51)/t26-,27+,29-/m0/s1. The van der Waals surface area contributed by atoms with E-state index in [1.807, 2.05) is 0 Å². The first-order chi connectivity index (χ1) is 27.4. The number of aliphatic imine (C=N–C) groups is 1. The Balaban J connectivity index is 1.51. The first kappa shape index (κ1) is 42.7. The number of halogens is 5. The highest BCUT2D eigenvalue weighted by Crippen LogP contribution is 2.49. The number of sulfonamides is 1. The molecule has 3 atom stereocenters. The Bertz CT molecular complexity index is 2720. The van der Waals surface area contributed by atoms with Crippen LogP contribution in [0.2, 0.25) is 5.02 Å². The van der Waals surface area contributed by atoms with Gasteiger partial charge in [-0.25, -0.2) is 22.2 Å². The highest BCUT2D eigenvalue weighted by molar-refractivity contribution is 7.92. The summed E-state index contributed by atoms with van der Waals surface area (Å²) in [5.74, 6) is 0.602. The molecule has 13 nitrogen and oxygen atoms in total. The first-order valence-corrected chi connectivity index (χ1v) is 20.0. The Hall–Kier alpha value is -5.95. The number of amides is 2. The second kappa shape index (κ2) is 15.7. The van der Waals surface area contributed by atoms with E-state index >= 15 is 8.78 Å². The van der Waals surface area contributed by atoms with Gasteiger partial charge < -0.3 is 21.1 Å². The van der Waals surface area contributed by atoms with E-state index < -0.39 is 80.8 Å². The zero-order chi connectivity index (χ0) is 43.4. The maximum absolute atomic E-state index is 15.7. The van der Waals surface area contributed by atoms with Gasteiger partial charge in [-0.05, 0) is 62.1 Å². The normalized spacial score (nSPS) is 18.8. The number of alkyl halides is 2. The minimum atomic E-state index is -3.82. The summed E-state index contributed by atoms with van der Waals surface area (Å²) in [6.45, 7) is 1.99. The summed E-state index contributed by atoms with van der Waals surface area (Å²) in [5, 5.41) is 17.7. The number of nitrogens with two attached hydrogens (primary N) is 1. The Labute approximate surface area is 341 Å². The number of nitrogens with zero attached hydrogens (tertiary/aromatic N) is 5. The number of pyridine rings is 1. The summed E-state index contributed by atoms with van der Waals surface area (Å²) in [4.78, 5) is 36.5. The molecule has 2 heterocycles. The Morgan fingerprint density at radius 2 is 1.80 bits per heavy atom. The third-order valence-electron chi connectivity index (χ3n) is 9.27. The molecule has 6 rings (SSSR count). The van der Waals surface area contributed by atoms with Gasteiger partial charge in [0.2, 0.25) is 15.9 Å². The number of fused-ring (bicyclic) bond motifs is 2. The number of aliphatic hydroxyl groups is 1. The molecule has 0 radical (unpaired) electrons. The quantitative estimate of drug-likeness (QED) is 0.104. The topological polar surface area (TPSA) is 185 Å². The van der Waals surface area contributed by atoms with E-state index in [0.717, 1.165) is 23.3 Å². The molecule has 1 fully saturated rings. The van der Waals surface area contributed by atoms with E-state index in [0.29, 0.717) is 22.7 Å². The van der Waals surface area contributed by atoms with Crippen molar-refractivity contribution < 1.29 is 40.7 Å². The highest BCUT2D eigenvalue weighted by Gasteiger charge is 2.61. The molecule has 0 spiro atoms. The molecule has 4 aromatic rings. The number of nitrogens with one attached hydrogen (secondary N) is 2. The number of carbonyl (C=O) groups excluding carboxylic acids is 2. The molecule has 2 aliphatic carbocycles. The van der Waals surface area contributed by atoms with Crippen molar-refractivity contribution in [3.8, 4) is 34.8 Å². The Kier molecular flexibility index (Phi) is 11.3. The number of aryl methyl sites for hydroxylation is 1. The number of hydrogen-bond acceptors (Lipinski definition) is 9. The van der Waals surface area contributed by atoms with Gasteiger partial charge in [0.1, 0.15) is 46.8 Å². The second-order valence-electron chi connectivity index (χ2n) is 14.8. The summed E-state index contributed by atoms with van der Waals surface area (Å²) in [6, 6.07) is 7.65. The van der Waals surface area contributed by atoms with Crippen LogP contribution in [0.5, 0.6) is 0 Å². The fourth-order valence-electron chi connectivity index (χ4n) is 6.77. The molecule has 0 aliphatic heterocycles. The molecule has 2 amide bonds. The van der Waals surface area contributed by atoms with Gasteiger partial charge >= 0.3 is 5.92 Å². The molecule has 0 bridgehead atoms. The zero-order valence-electron chi connectivity index (χ0n) is 32.4. The highest BCUT2D eigenvalue weighted by atomic mass is 35.5. The number of carbonyl (C=O) groups is 2. The molecule has 5 N–H and O–H groups in total. The van der Waals surface area contributed by atoms with Crippen molar-refractivity contribution >= 4 is 55.9 Å². The second-order valence-corrected chi connectivity index (χ2v) is 16.9. The van der Waals surface area contributed by atoms with E-state index in [4.69, 9.17) is 22.3 Å². The lowest BCUT2D eigenvalue weighted by atomic mass is 9.85. The van der Waals surface area contributed by atoms with Gasteiger partial charge in [-0.15, -0.1) is 0 Å². The number of likely N-dealkylation sites (N-methyl/N-ethyl adjacent to an activating group) is 1. The van der Waals surface area contributed by atoms with Gasteiger partial charge in [0, 0.05) is 43.9 Å². The fraction of sp³-hybridized carbons (Fsp3) is 0.325. The number of rotatable bonds is 10. The van der Waals surface area contributed by atoms with Crippen LogP contribution in [0.25, 0.3) is 22.0 Å². The molecule has 59 heavy (non-hydrogen) atoms. The van der Waals surface area contributed by atoms with Crippen LogP contribution in [0.4, 0.5) is 23.4 Å². The number of anilines is 1. The van der Waals surface area contributed by atoms with Crippen LogP contribution in [0.1, 0.15) is 36.8 Å². The summed E-state index contributed by atoms with van der Waals surface area (Å²) < 4.78 is 88.8. The Morgan fingerprint density at radius 3 is 2.39 bits per heavy atom. The van der Waals surface area contributed by atoms with Crippen molar-refractivity contribution in [2.75, 3.05) is 31.6 Å². The van der Waals surface area contributed by atoms with Gasteiger partial charge in [-0.2, -0.15) is 13.9 Å². The van der Waals surface area contributed by atoms with Crippen molar-refractivity contribution in [2.24, 2.45) is 29.6 Å². The summed E-state index contributed by atoms with van der Waals surface area (Å²) in [5.41, 5.74) is 4.20. The smallest absolute Gasteiger partial charge is 0.304 e. The lowest BCUT2D eigenvalue weighted by molar-refractivity contribution is -0.125. The molecule has 2 aromatic carbocycles. The summed E-state index contributed by atoms with van der Waals surface area (Å²) >= 11 is 6.59. The average Bonchev–Trinajstić information content (AvgIpc) is 3.49. The van der Waals surface area contributed by atoms with Crippen molar-refractivity contribution in [3.05, 3.63) is 87.3 Å². The van der Waals surface area contributed by atoms with E-state index in [-0.39, 0.29) is 45.2 Å². The number of hydrogen-bond donors (Lipinski definition) is 4. The van der Waals surface area contributed by atoms with Crippen molar-refractivity contribution in [1.82, 2.24) is 25.0 Å². The predicted octanol–water partition coefficient (Wildman–Crippen LogP) is 4.10. The summed E-state index contributed by atoms with van der Waals surface area (Å²) in [6.07, 6.45) is 0.626. The van der Waals surface area contributed by atoms with Crippen LogP contribution in [0, 0.1) is 47.2 Å². The van der Waals surface area contributed by atoms with Crippen LogP contribution in [0.3, 0.4) is 0 Å². The van der Waals surface area contributed by atoms with Crippen molar-refractivity contribution in [3.63, 3.8) is 0 Å². The molecule has 1 saturated carbocycles. The zero-order valence-corrected chi connectivity index (χ0v) is 34.0. The van der Waals surface area contributed by atoms with E-state index in [1.165, 1.54) is 51.8 Å². The third kappa shape index (κ3) is 8.90. The average molecular weight is 853 g/mol. The molecule has 2 aliphatic rings. The van der Waals surface area contributed by atoms with Crippen molar-refractivity contribution in [1.29, 1.82) is 0 Å². The van der Waals surface area contributed by atoms with Gasteiger partial charge in [-0.3, -0.25) is 24.0 Å². The molecule has 0 saturated heterocycles. The minimum absolute atomic E-state index is 0.0553. The van der Waals surface area contributed by atoms with Gasteiger partial charge in [0.25, 0.3) is 5.91 Å². The predicted molar refractivity (Wildman–Crippen MR) is 213 cm³/mol. The lowest BCUT2D eigenvalue weighted by Gasteiger charge is -2.22. The molecule has 0 unspecified atom stereocenters. The molecule has 308 valence electrons. The first-order valence-electron chi connectivity index (χ1n) is 17.7.